The Kier molecular flexibility index (Phi) is 4.98. The Balaban J connectivity index is 1.74. The molecule has 0 aliphatic heterocycles. The van der Waals surface area contributed by atoms with Gasteiger partial charge in [0.1, 0.15) is 19.0 Å². The van der Waals surface area contributed by atoms with Crippen LogP contribution in [-0.4, -0.2) is 19.2 Å². The van der Waals surface area contributed by atoms with Gasteiger partial charge < -0.3 is 9.47 Å². The largest absolute Gasteiger partial charge is 0.490 e. The predicted molar refractivity (Wildman–Crippen MR) is 76.4 cm³/mol. The monoisotopic (exact) mass is 320 g/mol. The second-order valence-electron chi connectivity index (χ2n) is 3.81. The van der Waals surface area contributed by atoms with Crippen LogP contribution in [0.4, 0.5) is 0 Å². The van der Waals surface area contributed by atoms with Gasteiger partial charge in [-0.2, -0.15) is 0 Å². The van der Waals surface area contributed by atoms with Crippen LogP contribution in [0.15, 0.2) is 59.1 Å². The minimum Gasteiger partial charge on any atom is -0.490 e. The van der Waals surface area contributed by atoms with Gasteiger partial charge in [0.15, 0.2) is 0 Å². The fourth-order valence-corrected chi connectivity index (χ4v) is 1.89. The van der Waals surface area contributed by atoms with Crippen molar-refractivity contribution in [3.63, 3.8) is 0 Å². The summed E-state index contributed by atoms with van der Waals surface area (Å²) in [6.45, 7) is 0.551. The summed E-state index contributed by atoms with van der Waals surface area (Å²) < 4.78 is 11.5. The molecule has 0 amide bonds. The van der Waals surface area contributed by atoms with E-state index in [4.69, 9.17) is 9.47 Å². The highest BCUT2D eigenvalue weighted by molar-refractivity contribution is 9.10. The Morgan fingerprint density at radius 3 is 2.53 bits per heavy atom. The molecular weight excluding hydrogens is 308 g/mol. The summed E-state index contributed by atoms with van der Waals surface area (Å²) in [5.74, 6) is 0.406. The van der Waals surface area contributed by atoms with E-state index in [9.17, 15) is 4.79 Å². The third kappa shape index (κ3) is 4.41. The standard InChI is InChI=1S/C15H13BrO3/c16-13-7-4-8-14(11-13)18-9-10-19-15(17)12-5-2-1-3-6-12/h1-8,11H,9-10H2. The molecular formula is C15H13BrO3. The molecule has 0 aliphatic carbocycles. The van der Waals surface area contributed by atoms with E-state index >= 15 is 0 Å². The summed E-state index contributed by atoms with van der Waals surface area (Å²) in [6.07, 6.45) is 0. The molecule has 0 heterocycles. The van der Waals surface area contributed by atoms with E-state index in [-0.39, 0.29) is 12.6 Å². The van der Waals surface area contributed by atoms with Gasteiger partial charge in [-0.1, -0.05) is 40.2 Å². The van der Waals surface area contributed by atoms with Crippen molar-refractivity contribution in [2.75, 3.05) is 13.2 Å². The highest BCUT2D eigenvalue weighted by Crippen LogP contribution is 2.17. The third-order valence-electron chi connectivity index (χ3n) is 2.39. The maximum atomic E-state index is 11.6. The predicted octanol–water partition coefficient (Wildman–Crippen LogP) is 3.68. The fourth-order valence-electron chi connectivity index (χ4n) is 1.51. The molecule has 0 radical (unpaired) electrons. The first kappa shape index (κ1) is 13.6. The molecule has 0 spiro atoms. The topological polar surface area (TPSA) is 35.5 Å². The molecule has 2 aromatic rings. The Labute approximate surface area is 120 Å². The highest BCUT2D eigenvalue weighted by Gasteiger charge is 2.05. The third-order valence-corrected chi connectivity index (χ3v) is 2.88. The molecule has 19 heavy (non-hydrogen) atoms. The van der Waals surface area contributed by atoms with E-state index in [1.165, 1.54) is 0 Å². The molecule has 0 saturated carbocycles. The first-order valence-corrected chi connectivity index (χ1v) is 6.65. The quantitative estimate of drug-likeness (QED) is 0.622. The lowest BCUT2D eigenvalue weighted by atomic mass is 10.2. The van der Waals surface area contributed by atoms with Crippen molar-refractivity contribution in [1.29, 1.82) is 0 Å². The molecule has 0 atom stereocenters. The van der Waals surface area contributed by atoms with Gasteiger partial charge in [0.2, 0.25) is 0 Å². The van der Waals surface area contributed by atoms with Gasteiger partial charge in [-0.25, -0.2) is 4.79 Å². The van der Waals surface area contributed by atoms with Crippen LogP contribution in [0.25, 0.3) is 0 Å². The minimum absolute atomic E-state index is 0.222. The summed E-state index contributed by atoms with van der Waals surface area (Å²) in [6, 6.07) is 16.4. The molecule has 3 nitrogen and oxygen atoms in total. The number of esters is 1. The van der Waals surface area contributed by atoms with Crippen molar-refractivity contribution in [1.82, 2.24) is 0 Å². The molecule has 0 fully saturated rings. The lowest BCUT2D eigenvalue weighted by molar-refractivity contribution is 0.0450. The summed E-state index contributed by atoms with van der Waals surface area (Å²) in [5.41, 5.74) is 0.546. The van der Waals surface area contributed by atoms with E-state index in [2.05, 4.69) is 15.9 Å². The molecule has 0 aliphatic rings. The lowest BCUT2D eigenvalue weighted by Gasteiger charge is -2.07. The van der Waals surface area contributed by atoms with Crippen LogP contribution in [0.1, 0.15) is 10.4 Å². The van der Waals surface area contributed by atoms with Crippen molar-refractivity contribution < 1.29 is 14.3 Å². The zero-order valence-electron chi connectivity index (χ0n) is 10.2. The molecule has 2 rings (SSSR count). The molecule has 98 valence electrons. The number of benzene rings is 2. The van der Waals surface area contributed by atoms with Crippen LogP contribution in [0.3, 0.4) is 0 Å². The van der Waals surface area contributed by atoms with Crippen molar-refractivity contribution in [2.45, 2.75) is 0 Å². The summed E-state index contributed by atoms with van der Waals surface area (Å²) in [4.78, 5) is 11.6. The Morgan fingerprint density at radius 1 is 1.00 bits per heavy atom. The van der Waals surface area contributed by atoms with E-state index in [0.29, 0.717) is 12.2 Å². The maximum absolute atomic E-state index is 11.6. The average molecular weight is 321 g/mol. The van der Waals surface area contributed by atoms with Crippen molar-refractivity contribution in [3.05, 3.63) is 64.6 Å². The van der Waals surface area contributed by atoms with Gasteiger partial charge in [0.05, 0.1) is 5.56 Å². The molecule has 2 aromatic carbocycles. The summed E-state index contributed by atoms with van der Waals surface area (Å²) >= 11 is 3.36. The second-order valence-corrected chi connectivity index (χ2v) is 4.72. The van der Waals surface area contributed by atoms with Gasteiger partial charge in [-0.3, -0.25) is 0 Å². The number of hydrogen-bond acceptors (Lipinski definition) is 3. The minimum atomic E-state index is -0.335. The van der Waals surface area contributed by atoms with E-state index < -0.39 is 0 Å². The number of halogens is 1. The molecule has 0 bridgehead atoms. The van der Waals surface area contributed by atoms with Crippen LogP contribution in [0.2, 0.25) is 0 Å². The van der Waals surface area contributed by atoms with Crippen LogP contribution in [-0.2, 0) is 4.74 Å². The molecule has 0 N–H and O–H groups in total. The first-order chi connectivity index (χ1) is 9.25. The van der Waals surface area contributed by atoms with Crippen molar-refractivity contribution >= 4 is 21.9 Å². The number of rotatable bonds is 5. The van der Waals surface area contributed by atoms with E-state index in [0.717, 1.165) is 10.2 Å². The molecule has 4 heteroatoms. The normalized spacial score (nSPS) is 9.95. The summed E-state index contributed by atoms with van der Waals surface area (Å²) in [5, 5.41) is 0. The fraction of sp³-hybridized carbons (Fsp3) is 0.133. The van der Waals surface area contributed by atoms with Crippen LogP contribution < -0.4 is 4.74 Å². The smallest absolute Gasteiger partial charge is 0.338 e. The van der Waals surface area contributed by atoms with Crippen molar-refractivity contribution in [3.8, 4) is 5.75 Å². The zero-order valence-corrected chi connectivity index (χ0v) is 11.8. The molecule has 0 saturated heterocycles. The maximum Gasteiger partial charge on any atom is 0.338 e. The number of ether oxygens (including phenoxy) is 2. The number of carbonyl (C=O) groups excluding carboxylic acids is 1. The van der Waals surface area contributed by atoms with Gasteiger partial charge in [-0.05, 0) is 30.3 Å². The Hall–Kier alpha value is -1.81. The van der Waals surface area contributed by atoms with Gasteiger partial charge >= 0.3 is 5.97 Å². The lowest BCUT2D eigenvalue weighted by Crippen LogP contribution is -2.12. The first-order valence-electron chi connectivity index (χ1n) is 5.86. The SMILES string of the molecule is O=C(OCCOc1cccc(Br)c1)c1ccccc1. The average Bonchev–Trinajstić information content (AvgIpc) is 2.44. The van der Waals surface area contributed by atoms with Crippen LogP contribution >= 0.6 is 15.9 Å². The van der Waals surface area contributed by atoms with Gasteiger partial charge in [0, 0.05) is 4.47 Å². The van der Waals surface area contributed by atoms with Gasteiger partial charge in [-0.15, -0.1) is 0 Å². The number of hydrogen-bond donors (Lipinski definition) is 0. The molecule has 0 aromatic heterocycles. The van der Waals surface area contributed by atoms with Crippen LogP contribution in [0.5, 0.6) is 5.75 Å². The number of carbonyl (C=O) groups is 1. The van der Waals surface area contributed by atoms with E-state index in [1.807, 2.05) is 30.3 Å². The molecule has 0 unspecified atom stereocenters. The van der Waals surface area contributed by atoms with Crippen LogP contribution in [0, 0.1) is 0 Å². The second kappa shape index (κ2) is 6.95. The van der Waals surface area contributed by atoms with Crippen molar-refractivity contribution in [2.24, 2.45) is 0 Å². The van der Waals surface area contributed by atoms with Gasteiger partial charge in [0.25, 0.3) is 0 Å². The summed E-state index contributed by atoms with van der Waals surface area (Å²) in [7, 11) is 0. The highest BCUT2D eigenvalue weighted by atomic mass is 79.9. The zero-order chi connectivity index (χ0) is 13.5. The Bertz CT molecular complexity index is 540. The Morgan fingerprint density at radius 2 is 1.79 bits per heavy atom. The van der Waals surface area contributed by atoms with E-state index in [1.54, 1.807) is 24.3 Å².